The zero-order valence-corrected chi connectivity index (χ0v) is 17.7. The summed E-state index contributed by atoms with van der Waals surface area (Å²) in [6.07, 6.45) is 0. The van der Waals surface area contributed by atoms with Gasteiger partial charge in [-0.3, -0.25) is 0 Å². The number of fused-ring (bicyclic) bond motifs is 6. The van der Waals surface area contributed by atoms with E-state index in [9.17, 15) is 0 Å². The molecular formula is C26H17NP2. The molecule has 0 radical (unpaired) electrons. The molecule has 136 valence electrons. The molecule has 3 heteroatoms. The van der Waals surface area contributed by atoms with Gasteiger partial charge in [0.25, 0.3) is 0 Å². The lowest BCUT2D eigenvalue weighted by molar-refractivity contribution is 1.79. The van der Waals surface area contributed by atoms with Crippen molar-refractivity contribution in [3.8, 4) is 0 Å². The van der Waals surface area contributed by atoms with Crippen molar-refractivity contribution in [3.63, 3.8) is 0 Å². The number of rotatable bonds is 1. The fraction of sp³-hybridized carbons (Fsp3) is 0. The molecule has 0 amide bonds. The standard InChI is InChI=1S/C26H17NP2/c28-27-29-26-7-3-6-18-12-19-8-9-20-13-21-10-16-4-1-2-5-17(16)11-22(21)14-23(20)24(19)15-25(18)26/h1-15H,28H2. The molecule has 0 saturated heterocycles. The van der Waals surface area contributed by atoms with Crippen molar-refractivity contribution in [1.82, 2.24) is 0 Å². The van der Waals surface area contributed by atoms with Crippen molar-refractivity contribution < 1.29 is 0 Å². The molecule has 1 atom stereocenters. The van der Waals surface area contributed by atoms with E-state index in [4.69, 9.17) is 0 Å². The van der Waals surface area contributed by atoms with E-state index in [1.54, 1.807) is 0 Å². The third-order valence-corrected chi connectivity index (χ3v) is 6.87. The second-order valence-corrected chi connectivity index (χ2v) is 9.08. The average Bonchev–Trinajstić information content (AvgIpc) is 2.75. The van der Waals surface area contributed by atoms with Gasteiger partial charge in [0.15, 0.2) is 0 Å². The van der Waals surface area contributed by atoms with Crippen LogP contribution in [-0.4, -0.2) is 0 Å². The molecule has 0 bridgehead atoms. The molecule has 0 saturated carbocycles. The van der Waals surface area contributed by atoms with Crippen LogP contribution in [0.4, 0.5) is 0 Å². The molecule has 0 spiro atoms. The van der Waals surface area contributed by atoms with Crippen molar-refractivity contribution in [2.75, 3.05) is 0 Å². The Balaban J connectivity index is 1.74. The maximum atomic E-state index is 4.26. The van der Waals surface area contributed by atoms with Gasteiger partial charge in [-0.1, -0.05) is 48.5 Å². The third-order valence-electron chi connectivity index (χ3n) is 5.80. The average molecular weight is 405 g/mol. The summed E-state index contributed by atoms with van der Waals surface area (Å²) in [5.74, 6) is 0. The summed E-state index contributed by atoms with van der Waals surface area (Å²) in [5.41, 5.74) is 0. The van der Waals surface area contributed by atoms with Gasteiger partial charge in [0.2, 0.25) is 0 Å². The summed E-state index contributed by atoms with van der Waals surface area (Å²) in [6, 6.07) is 33.5. The molecule has 0 aliphatic rings. The van der Waals surface area contributed by atoms with Gasteiger partial charge in [-0.15, -0.1) is 0 Å². The van der Waals surface area contributed by atoms with Crippen LogP contribution in [0.15, 0.2) is 95.5 Å². The fourth-order valence-electron chi connectivity index (χ4n) is 4.41. The molecule has 0 aromatic heterocycles. The summed E-state index contributed by atoms with van der Waals surface area (Å²) < 4.78 is 4.26. The molecule has 1 unspecified atom stereocenters. The first kappa shape index (κ1) is 17.0. The van der Waals surface area contributed by atoms with E-state index >= 15 is 0 Å². The SMILES string of the molecule is PN=Pc1cccc2cc3ccc4cc5cc6ccccc6cc5cc4c3cc12. The highest BCUT2D eigenvalue weighted by molar-refractivity contribution is 7.43. The first-order valence-electron chi connectivity index (χ1n) is 9.63. The van der Waals surface area contributed by atoms with E-state index in [1.807, 2.05) is 0 Å². The van der Waals surface area contributed by atoms with Crippen LogP contribution in [-0.2, 0) is 0 Å². The zero-order chi connectivity index (χ0) is 19.4. The van der Waals surface area contributed by atoms with Gasteiger partial charge >= 0.3 is 0 Å². The Morgan fingerprint density at radius 3 is 1.76 bits per heavy atom. The van der Waals surface area contributed by atoms with Crippen molar-refractivity contribution in [3.05, 3.63) is 91.0 Å². The van der Waals surface area contributed by atoms with E-state index in [2.05, 4.69) is 105 Å². The molecule has 0 aliphatic carbocycles. The van der Waals surface area contributed by atoms with Crippen LogP contribution in [0.25, 0.3) is 53.9 Å². The van der Waals surface area contributed by atoms with Gasteiger partial charge in [-0.2, -0.15) is 0 Å². The molecule has 6 aromatic rings. The number of hydrogen-bond donors (Lipinski definition) is 0. The first-order valence-corrected chi connectivity index (χ1v) is 11.0. The van der Waals surface area contributed by atoms with Gasteiger partial charge in [-0.25, -0.2) is 4.52 Å². The van der Waals surface area contributed by atoms with Crippen LogP contribution in [0.5, 0.6) is 0 Å². The van der Waals surface area contributed by atoms with Crippen LogP contribution in [0, 0.1) is 0 Å². The Kier molecular flexibility index (Phi) is 3.88. The Morgan fingerprint density at radius 1 is 0.483 bits per heavy atom. The highest BCUT2D eigenvalue weighted by Crippen LogP contribution is 2.34. The second-order valence-electron chi connectivity index (χ2n) is 7.47. The van der Waals surface area contributed by atoms with E-state index in [0.29, 0.717) is 0 Å². The van der Waals surface area contributed by atoms with Gasteiger partial charge in [-0.05, 0) is 106 Å². The predicted octanol–water partition coefficient (Wildman–Crippen LogP) is 8.00. The van der Waals surface area contributed by atoms with Crippen LogP contribution < -0.4 is 5.30 Å². The quantitative estimate of drug-likeness (QED) is 0.149. The van der Waals surface area contributed by atoms with E-state index in [-0.39, 0.29) is 0 Å². The lowest BCUT2D eigenvalue weighted by Gasteiger charge is -2.10. The lowest BCUT2D eigenvalue weighted by Crippen LogP contribution is -1.93. The minimum Gasteiger partial charge on any atom is -0.247 e. The lowest BCUT2D eigenvalue weighted by atomic mass is 9.95. The second kappa shape index (κ2) is 6.60. The number of benzene rings is 6. The Morgan fingerprint density at radius 2 is 1.03 bits per heavy atom. The van der Waals surface area contributed by atoms with Crippen molar-refractivity contribution in [2.45, 2.75) is 0 Å². The van der Waals surface area contributed by atoms with Crippen molar-refractivity contribution in [1.29, 1.82) is 0 Å². The van der Waals surface area contributed by atoms with Crippen molar-refractivity contribution >= 4 is 76.9 Å². The number of nitrogens with zero attached hydrogens (tertiary/aromatic N) is 1. The first-order chi connectivity index (χ1) is 14.3. The summed E-state index contributed by atoms with van der Waals surface area (Å²) in [6.45, 7) is 0. The van der Waals surface area contributed by atoms with Gasteiger partial charge in [0.1, 0.15) is 0 Å². The highest BCUT2D eigenvalue weighted by Gasteiger charge is 2.08. The Bertz CT molecular complexity index is 1620. The Hall–Kier alpha value is -2.85. The largest absolute Gasteiger partial charge is 0.247 e. The molecule has 0 N–H and O–H groups in total. The Labute approximate surface area is 172 Å². The zero-order valence-electron chi connectivity index (χ0n) is 15.6. The van der Waals surface area contributed by atoms with E-state index in [0.717, 1.165) is 8.37 Å². The molecule has 0 heterocycles. The van der Waals surface area contributed by atoms with Gasteiger partial charge < -0.3 is 0 Å². The summed E-state index contributed by atoms with van der Waals surface area (Å²) in [7, 11) is 3.45. The molecule has 6 rings (SSSR count). The van der Waals surface area contributed by atoms with E-state index < -0.39 is 0 Å². The molecule has 1 nitrogen and oxygen atoms in total. The summed E-state index contributed by atoms with van der Waals surface area (Å²) in [4.78, 5) is 0. The smallest absolute Gasteiger partial charge is 0.0438 e. The number of hydrogen-bond acceptors (Lipinski definition) is 1. The highest BCUT2D eigenvalue weighted by atomic mass is 31.1. The maximum absolute atomic E-state index is 4.26. The fourth-order valence-corrected chi connectivity index (χ4v) is 5.36. The minimum atomic E-state index is 0.981. The topological polar surface area (TPSA) is 12.4 Å². The van der Waals surface area contributed by atoms with E-state index in [1.165, 1.54) is 59.2 Å². The predicted molar refractivity (Wildman–Crippen MR) is 133 cm³/mol. The maximum Gasteiger partial charge on any atom is 0.0438 e. The van der Waals surface area contributed by atoms with Gasteiger partial charge in [0, 0.05) is 13.7 Å². The molecule has 0 fully saturated rings. The van der Waals surface area contributed by atoms with Crippen molar-refractivity contribution in [2.24, 2.45) is 4.52 Å². The van der Waals surface area contributed by atoms with Crippen LogP contribution in [0.1, 0.15) is 0 Å². The normalized spacial score (nSPS) is 12.2. The summed E-state index contributed by atoms with van der Waals surface area (Å²) >= 11 is 0. The molecule has 29 heavy (non-hydrogen) atoms. The third kappa shape index (κ3) is 2.74. The monoisotopic (exact) mass is 405 g/mol. The molecular weight excluding hydrogens is 388 g/mol. The minimum absolute atomic E-state index is 0.981. The van der Waals surface area contributed by atoms with Gasteiger partial charge in [0.05, 0.1) is 0 Å². The molecule has 0 aliphatic heterocycles. The van der Waals surface area contributed by atoms with Crippen LogP contribution in [0.3, 0.4) is 0 Å². The molecule has 6 aromatic carbocycles. The van der Waals surface area contributed by atoms with Crippen LogP contribution in [0.2, 0.25) is 0 Å². The summed E-state index contributed by atoms with van der Waals surface area (Å²) in [5, 5.41) is 14.1. The van der Waals surface area contributed by atoms with Crippen LogP contribution >= 0.6 is 17.8 Å².